The van der Waals surface area contributed by atoms with Gasteiger partial charge in [-0.15, -0.1) is 0 Å². The molecule has 1 saturated heterocycles. The van der Waals surface area contributed by atoms with E-state index in [0.717, 1.165) is 34.7 Å². The van der Waals surface area contributed by atoms with Gasteiger partial charge in [0.25, 0.3) is 0 Å². The summed E-state index contributed by atoms with van der Waals surface area (Å²) in [6.45, 7) is 1.87. The topological polar surface area (TPSA) is 34.2 Å². The minimum absolute atomic E-state index is 0.435. The van der Waals surface area contributed by atoms with E-state index in [9.17, 15) is 0 Å². The lowest BCUT2D eigenvalue weighted by Crippen LogP contribution is -2.21. The molecule has 3 nitrogen and oxygen atoms in total. The number of rotatable bonds is 4. The molecule has 0 bridgehead atoms. The molecule has 2 heterocycles. The van der Waals surface area contributed by atoms with E-state index < -0.39 is 0 Å². The van der Waals surface area contributed by atoms with E-state index in [1.807, 2.05) is 12.1 Å². The zero-order valence-electron chi connectivity index (χ0n) is 10.7. The van der Waals surface area contributed by atoms with Gasteiger partial charge in [0.1, 0.15) is 0 Å². The van der Waals surface area contributed by atoms with Crippen LogP contribution in [0.3, 0.4) is 0 Å². The fourth-order valence-corrected chi connectivity index (χ4v) is 3.79. The lowest BCUT2D eigenvalue weighted by molar-refractivity contribution is 0.0134. The Morgan fingerprint density at radius 1 is 1.42 bits per heavy atom. The van der Waals surface area contributed by atoms with E-state index in [1.165, 1.54) is 24.0 Å². The maximum absolute atomic E-state index is 5.73. The van der Waals surface area contributed by atoms with Crippen LogP contribution in [0.4, 0.5) is 5.13 Å². The van der Waals surface area contributed by atoms with Gasteiger partial charge in [-0.2, -0.15) is 0 Å². The molecule has 0 aliphatic carbocycles. The molecule has 19 heavy (non-hydrogen) atoms. The van der Waals surface area contributed by atoms with Crippen molar-refractivity contribution in [2.75, 3.05) is 18.5 Å². The highest BCUT2D eigenvalue weighted by Crippen LogP contribution is 2.28. The smallest absolute Gasteiger partial charge is 0.183 e. The number of ether oxygens (including phenoxy) is 1. The van der Waals surface area contributed by atoms with Crippen molar-refractivity contribution in [3.05, 3.63) is 22.7 Å². The summed E-state index contributed by atoms with van der Waals surface area (Å²) < 4.78 is 8.04. The summed E-state index contributed by atoms with van der Waals surface area (Å²) in [5, 5.41) is 4.42. The molecule has 1 aromatic heterocycles. The molecular formula is C14H17BrN2OS. The highest BCUT2D eigenvalue weighted by Gasteiger charge is 2.13. The van der Waals surface area contributed by atoms with Gasteiger partial charge in [-0.3, -0.25) is 0 Å². The van der Waals surface area contributed by atoms with Crippen molar-refractivity contribution in [1.82, 2.24) is 4.98 Å². The molecule has 1 N–H and O–H groups in total. The van der Waals surface area contributed by atoms with E-state index in [1.54, 1.807) is 11.3 Å². The van der Waals surface area contributed by atoms with Crippen molar-refractivity contribution < 1.29 is 4.74 Å². The molecule has 0 radical (unpaired) electrons. The quantitative estimate of drug-likeness (QED) is 0.893. The second kappa shape index (κ2) is 6.20. The minimum Gasteiger partial charge on any atom is -0.378 e. The maximum atomic E-state index is 5.73. The van der Waals surface area contributed by atoms with Crippen molar-refractivity contribution in [3.63, 3.8) is 0 Å². The first-order chi connectivity index (χ1) is 9.31. The van der Waals surface area contributed by atoms with Crippen LogP contribution in [0.5, 0.6) is 0 Å². The molecule has 2 aromatic rings. The van der Waals surface area contributed by atoms with Gasteiger partial charge in [-0.1, -0.05) is 27.3 Å². The first kappa shape index (κ1) is 13.3. The van der Waals surface area contributed by atoms with Crippen molar-refractivity contribution in [2.24, 2.45) is 0 Å². The molecule has 3 rings (SSSR count). The van der Waals surface area contributed by atoms with Gasteiger partial charge in [0.05, 0.1) is 16.3 Å². The SMILES string of the molecule is Brc1ccc2nc(NCCC3CCCCO3)sc2c1. The number of benzene rings is 1. The van der Waals surface area contributed by atoms with Crippen LogP contribution >= 0.6 is 27.3 Å². The number of anilines is 1. The lowest BCUT2D eigenvalue weighted by atomic mass is 10.1. The van der Waals surface area contributed by atoms with Crippen molar-refractivity contribution in [1.29, 1.82) is 0 Å². The largest absolute Gasteiger partial charge is 0.378 e. The van der Waals surface area contributed by atoms with Crippen LogP contribution in [-0.4, -0.2) is 24.2 Å². The van der Waals surface area contributed by atoms with E-state index >= 15 is 0 Å². The molecule has 1 aliphatic heterocycles. The van der Waals surface area contributed by atoms with Crippen LogP contribution in [0, 0.1) is 0 Å². The Balaban J connectivity index is 1.56. The highest BCUT2D eigenvalue weighted by molar-refractivity contribution is 9.10. The maximum Gasteiger partial charge on any atom is 0.183 e. The average molecular weight is 341 g/mol. The molecule has 1 aliphatic rings. The summed E-state index contributed by atoms with van der Waals surface area (Å²) in [4.78, 5) is 4.58. The summed E-state index contributed by atoms with van der Waals surface area (Å²) >= 11 is 5.19. The summed E-state index contributed by atoms with van der Waals surface area (Å²) in [5.41, 5.74) is 1.06. The Morgan fingerprint density at radius 2 is 2.37 bits per heavy atom. The second-order valence-corrected chi connectivity index (χ2v) is 6.78. The summed E-state index contributed by atoms with van der Waals surface area (Å²) in [7, 11) is 0. The third-order valence-corrected chi connectivity index (χ3v) is 4.84. The summed E-state index contributed by atoms with van der Waals surface area (Å²) in [6, 6.07) is 6.19. The lowest BCUT2D eigenvalue weighted by Gasteiger charge is -2.22. The number of hydrogen-bond donors (Lipinski definition) is 1. The summed E-state index contributed by atoms with van der Waals surface area (Å²) in [6.07, 6.45) is 5.23. The molecule has 1 atom stereocenters. The van der Waals surface area contributed by atoms with Crippen molar-refractivity contribution in [3.8, 4) is 0 Å². The van der Waals surface area contributed by atoms with Gasteiger partial charge in [0, 0.05) is 17.6 Å². The number of aromatic nitrogens is 1. The molecule has 0 saturated carbocycles. The third kappa shape index (κ3) is 3.46. The van der Waals surface area contributed by atoms with Gasteiger partial charge in [0.15, 0.2) is 5.13 Å². The Hall–Kier alpha value is -0.650. The standard InChI is InChI=1S/C14H17BrN2OS/c15-10-4-5-12-13(9-10)19-14(17-12)16-7-6-11-3-1-2-8-18-11/h4-5,9,11H,1-3,6-8H2,(H,16,17). The van der Waals surface area contributed by atoms with Crippen LogP contribution < -0.4 is 5.32 Å². The number of nitrogens with one attached hydrogen (secondary N) is 1. The minimum atomic E-state index is 0.435. The zero-order valence-corrected chi connectivity index (χ0v) is 13.1. The Labute approximate surface area is 125 Å². The number of halogens is 1. The molecule has 102 valence electrons. The second-order valence-electron chi connectivity index (χ2n) is 4.84. The van der Waals surface area contributed by atoms with Crippen LogP contribution in [-0.2, 0) is 4.74 Å². The van der Waals surface area contributed by atoms with Gasteiger partial charge < -0.3 is 10.1 Å². The number of nitrogens with zero attached hydrogens (tertiary/aromatic N) is 1. The monoisotopic (exact) mass is 340 g/mol. The van der Waals surface area contributed by atoms with Crippen molar-refractivity contribution >= 4 is 42.6 Å². The van der Waals surface area contributed by atoms with E-state index in [2.05, 4.69) is 32.3 Å². The first-order valence-electron chi connectivity index (χ1n) is 6.73. The predicted octanol–water partition coefficient (Wildman–Crippen LogP) is 4.43. The van der Waals surface area contributed by atoms with Crippen LogP contribution in [0.2, 0.25) is 0 Å². The molecule has 1 fully saturated rings. The van der Waals surface area contributed by atoms with Crippen LogP contribution in [0.1, 0.15) is 25.7 Å². The van der Waals surface area contributed by atoms with E-state index in [4.69, 9.17) is 4.74 Å². The third-order valence-electron chi connectivity index (χ3n) is 3.37. The Morgan fingerprint density at radius 3 is 3.21 bits per heavy atom. The normalized spacial score (nSPS) is 19.7. The van der Waals surface area contributed by atoms with Crippen LogP contribution in [0.15, 0.2) is 22.7 Å². The predicted molar refractivity (Wildman–Crippen MR) is 84.0 cm³/mol. The fourth-order valence-electron chi connectivity index (χ4n) is 2.35. The molecule has 0 amide bonds. The number of thiazole rings is 1. The molecule has 1 aromatic carbocycles. The van der Waals surface area contributed by atoms with Gasteiger partial charge >= 0.3 is 0 Å². The van der Waals surface area contributed by atoms with E-state index in [0.29, 0.717) is 6.10 Å². The average Bonchev–Trinajstić information content (AvgIpc) is 2.82. The number of hydrogen-bond acceptors (Lipinski definition) is 4. The molecule has 5 heteroatoms. The van der Waals surface area contributed by atoms with Crippen molar-refractivity contribution in [2.45, 2.75) is 31.8 Å². The molecule has 0 spiro atoms. The molecular weight excluding hydrogens is 324 g/mol. The Bertz CT molecular complexity index is 551. The van der Waals surface area contributed by atoms with Gasteiger partial charge in [0.2, 0.25) is 0 Å². The molecule has 1 unspecified atom stereocenters. The highest BCUT2D eigenvalue weighted by atomic mass is 79.9. The zero-order chi connectivity index (χ0) is 13.1. The van der Waals surface area contributed by atoms with Gasteiger partial charge in [-0.25, -0.2) is 4.98 Å². The van der Waals surface area contributed by atoms with Gasteiger partial charge in [-0.05, 0) is 43.9 Å². The Kier molecular flexibility index (Phi) is 4.35. The summed E-state index contributed by atoms with van der Waals surface area (Å²) in [5.74, 6) is 0. The fraction of sp³-hybridized carbons (Fsp3) is 0.500. The first-order valence-corrected chi connectivity index (χ1v) is 8.34. The van der Waals surface area contributed by atoms with E-state index in [-0.39, 0.29) is 0 Å². The number of fused-ring (bicyclic) bond motifs is 1. The van der Waals surface area contributed by atoms with Crippen LogP contribution in [0.25, 0.3) is 10.2 Å².